The second-order valence-corrected chi connectivity index (χ2v) is 9.01. The SMILES string of the molecule is COCCCN1C(=O)c2ccc(C(=O)NCCCNC(=O)CCNC(=O)OC(C)(C)C)cc2C1=O. The normalized spacial score (nSPS) is 12.9. The average molecular weight is 491 g/mol. The Kier molecular flexibility index (Phi) is 10.2. The van der Waals surface area contributed by atoms with Crippen LogP contribution in [0.1, 0.15) is 71.1 Å². The summed E-state index contributed by atoms with van der Waals surface area (Å²) in [7, 11) is 1.55. The Balaban J connectivity index is 1.70. The molecule has 5 amide bonds. The lowest BCUT2D eigenvalue weighted by Crippen LogP contribution is -2.35. The number of nitrogens with one attached hydrogen (secondary N) is 3. The molecule has 1 heterocycles. The van der Waals surface area contributed by atoms with Crippen LogP contribution < -0.4 is 16.0 Å². The molecule has 0 fully saturated rings. The summed E-state index contributed by atoms with van der Waals surface area (Å²) in [6.45, 7) is 6.75. The van der Waals surface area contributed by atoms with E-state index in [1.807, 2.05) is 0 Å². The van der Waals surface area contributed by atoms with E-state index in [1.165, 1.54) is 18.2 Å². The molecule has 0 aliphatic carbocycles. The number of methoxy groups -OCH3 is 1. The maximum absolute atomic E-state index is 12.6. The number of carbonyl (C=O) groups is 5. The largest absolute Gasteiger partial charge is 0.444 e. The molecule has 0 radical (unpaired) electrons. The van der Waals surface area contributed by atoms with Crippen molar-refractivity contribution < 1.29 is 33.4 Å². The summed E-state index contributed by atoms with van der Waals surface area (Å²) < 4.78 is 10.1. The third-order valence-electron chi connectivity index (χ3n) is 4.94. The van der Waals surface area contributed by atoms with E-state index in [1.54, 1.807) is 27.9 Å². The molecular formula is C24H34N4O7. The van der Waals surface area contributed by atoms with Gasteiger partial charge in [0, 0.05) is 51.9 Å². The molecule has 1 aliphatic rings. The number of hydrogen-bond donors (Lipinski definition) is 3. The number of nitrogens with zero attached hydrogens (tertiary/aromatic N) is 1. The fourth-order valence-corrected chi connectivity index (χ4v) is 3.30. The van der Waals surface area contributed by atoms with Gasteiger partial charge in [-0.05, 0) is 51.8 Å². The van der Waals surface area contributed by atoms with Crippen molar-refractivity contribution in [1.82, 2.24) is 20.9 Å². The summed E-state index contributed by atoms with van der Waals surface area (Å²) in [5.74, 6) is -1.40. The van der Waals surface area contributed by atoms with Crippen molar-refractivity contribution in [3.8, 4) is 0 Å². The van der Waals surface area contributed by atoms with Crippen molar-refractivity contribution in [2.75, 3.05) is 39.9 Å². The highest BCUT2D eigenvalue weighted by molar-refractivity contribution is 6.22. The molecule has 35 heavy (non-hydrogen) atoms. The first-order valence-electron chi connectivity index (χ1n) is 11.5. The van der Waals surface area contributed by atoms with E-state index < -0.39 is 17.6 Å². The first-order chi connectivity index (χ1) is 16.5. The van der Waals surface area contributed by atoms with Crippen molar-refractivity contribution in [2.24, 2.45) is 0 Å². The molecule has 0 aromatic heterocycles. The van der Waals surface area contributed by atoms with Crippen molar-refractivity contribution in [3.05, 3.63) is 34.9 Å². The van der Waals surface area contributed by atoms with Gasteiger partial charge in [0.1, 0.15) is 5.60 Å². The second kappa shape index (κ2) is 12.8. The Morgan fingerprint density at radius 3 is 2.29 bits per heavy atom. The van der Waals surface area contributed by atoms with Gasteiger partial charge < -0.3 is 25.4 Å². The molecule has 11 heteroatoms. The number of alkyl carbamates (subject to hydrolysis) is 1. The van der Waals surface area contributed by atoms with E-state index in [-0.39, 0.29) is 53.9 Å². The maximum atomic E-state index is 12.6. The molecule has 0 saturated heterocycles. The van der Waals surface area contributed by atoms with Gasteiger partial charge in [0.25, 0.3) is 17.7 Å². The zero-order valence-electron chi connectivity index (χ0n) is 20.7. The van der Waals surface area contributed by atoms with E-state index in [9.17, 15) is 24.0 Å². The van der Waals surface area contributed by atoms with E-state index in [0.717, 1.165) is 4.90 Å². The Labute approximate surface area is 204 Å². The molecule has 192 valence electrons. The fourth-order valence-electron chi connectivity index (χ4n) is 3.30. The molecule has 2 rings (SSSR count). The highest BCUT2D eigenvalue weighted by Gasteiger charge is 2.35. The minimum Gasteiger partial charge on any atom is -0.444 e. The van der Waals surface area contributed by atoms with Gasteiger partial charge in [-0.15, -0.1) is 0 Å². The van der Waals surface area contributed by atoms with Crippen LogP contribution in [0.3, 0.4) is 0 Å². The van der Waals surface area contributed by atoms with Gasteiger partial charge in [0.15, 0.2) is 0 Å². The number of hydrogen-bond acceptors (Lipinski definition) is 7. The Hall–Kier alpha value is -3.47. The number of amides is 5. The summed E-state index contributed by atoms with van der Waals surface area (Å²) in [5, 5.41) is 7.95. The lowest BCUT2D eigenvalue weighted by atomic mass is 10.1. The van der Waals surface area contributed by atoms with Crippen molar-refractivity contribution >= 4 is 29.7 Å². The molecule has 0 atom stereocenters. The standard InChI is InChI=1S/C24H34N4O7/c1-24(2,3)35-23(33)27-12-9-19(29)25-10-5-11-26-20(30)16-7-8-17-18(15-16)22(32)28(21(17)31)13-6-14-34-4/h7-8,15H,5-6,9-14H2,1-4H3,(H,25,29)(H,26,30)(H,27,33). The molecule has 1 aliphatic heterocycles. The van der Waals surface area contributed by atoms with Gasteiger partial charge in [-0.25, -0.2) is 4.79 Å². The van der Waals surface area contributed by atoms with Gasteiger partial charge in [-0.2, -0.15) is 0 Å². The lowest BCUT2D eigenvalue weighted by molar-refractivity contribution is -0.120. The number of imide groups is 1. The van der Waals surface area contributed by atoms with Gasteiger partial charge in [-0.3, -0.25) is 24.1 Å². The molecule has 1 aromatic carbocycles. The van der Waals surface area contributed by atoms with Crippen LogP contribution in [-0.4, -0.2) is 80.1 Å². The van der Waals surface area contributed by atoms with Gasteiger partial charge >= 0.3 is 6.09 Å². The quantitative estimate of drug-likeness (QED) is 0.297. The molecule has 11 nitrogen and oxygen atoms in total. The van der Waals surface area contributed by atoms with E-state index in [2.05, 4.69) is 16.0 Å². The zero-order valence-corrected chi connectivity index (χ0v) is 20.7. The highest BCUT2D eigenvalue weighted by Crippen LogP contribution is 2.24. The Morgan fingerprint density at radius 1 is 0.914 bits per heavy atom. The second-order valence-electron chi connectivity index (χ2n) is 9.01. The van der Waals surface area contributed by atoms with Crippen molar-refractivity contribution in [3.63, 3.8) is 0 Å². The van der Waals surface area contributed by atoms with Crippen LogP contribution in [0.5, 0.6) is 0 Å². The van der Waals surface area contributed by atoms with Crippen LogP contribution in [-0.2, 0) is 14.3 Å². The summed E-state index contributed by atoms with van der Waals surface area (Å²) >= 11 is 0. The predicted octanol–water partition coefficient (Wildman–Crippen LogP) is 1.47. The number of ether oxygens (including phenoxy) is 2. The number of carbonyl (C=O) groups excluding carboxylic acids is 5. The molecule has 0 saturated carbocycles. The fraction of sp³-hybridized carbons (Fsp3) is 0.542. The van der Waals surface area contributed by atoms with E-state index in [0.29, 0.717) is 32.5 Å². The first-order valence-corrected chi connectivity index (χ1v) is 11.5. The molecule has 0 bridgehead atoms. The monoisotopic (exact) mass is 490 g/mol. The van der Waals surface area contributed by atoms with Gasteiger partial charge in [0.05, 0.1) is 11.1 Å². The molecule has 1 aromatic rings. The zero-order chi connectivity index (χ0) is 26.0. The summed E-state index contributed by atoms with van der Waals surface area (Å²) in [4.78, 5) is 62.0. The van der Waals surface area contributed by atoms with Gasteiger partial charge in [-0.1, -0.05) is 0 Å². The lowest BCUT2D eigenvalue weighted by Gasteiger charge is -2.19. The summed E-state index contributed by atoms with van der Waals surface area (Å²) in [6.07, 6.45) is 0.554. The van der Waals surface area contributed by atoms with Crippen LogP contribution in [0, 0.1) is 0 Å². The average Bonchev–Trinajstić information content (AvgIpc) is 3.02. The van der Waals surface area contributed by atoms with Crippen molar-refractivity contribution in [2.45, 2.75) is 45.6 Å². The van der Waals surface area contributed by atoms with Crippen LogP contribution in [0.15, 0.2) is 18.2 Å². The predicted molar refractivity (Wildman–Crippen MR) is 127 cm³/mol. The number of benzene rings is 1. The topological polar surface area (TPSA) is 143 Å². The molecule has 3 N–H and O–H groups in total. The van der Waals surface area contributed by atoms with Crippen LogP contribution in [0.25, 0.3) is 0 Å². The number of rotatable bonds is 12. The number of fused-ring (bicyclic) bond motifs is 1. The third kappa shape index (κ3) is 8.67. The smallest absolute Gasteiger partial charge is 0.407 e. The molecule has 0 spiro atoms. The van der Waals surface area contributed by atoms with E-state index >= 15 is 0 Å². The van der Waals surface area contributed by atoms with Gasteiger partial charge in [0.2, 0.25) is 5.91 Å². The Bertz CT molecular complexity index is 956. The maximum Gasteiger partial charge on any atom is 0.407 e. The minimum absolute atomic E-state index is 0.107. The highest BCUT2D eigenvalue weighted by atomic mass is 16.6. The van der Waals surface area contributed by atoms with Crippen LogP contribution >= 0.6 is 0 Å². The minimum atomic E-state index is -0.603. The summed E-state index contributed by atoms with van der Waals surface area (Å²) in [6, 6.07) is 4.43. The first kappa shape index (κ1) is 27.8. The summed E-state index contributed by atoms with van der Waals surface area (Å²) in [5.41, 5.74) is 0.176. The van der Waals surface area contributed by atoms with Crippen molar-refractivity contribution in [1.29, 1.82) is 0 Å². The Morgan fingerprint density at radius 2 is 1.60 bits per heavy atom. The third-order valence-corrected chi connectivity index (χ3v) is 4.94. The van der Waals surface area contributed by atoms with Crippen LogP contribution in [0.2, 0.25) is 0 Å². The van der Waals surface area contributed by atoms with Crippen LogP contribution in [0.4, 0.5) is 4.79 Å². The van der Waals surface area contributed by atoms with E-state index in [4.69, 9.17) is 9.47 Å². The molecule has 0 unspecified atom stereocenters. The molecular weight excluding hydrogens is 456 g/mol.